The highest BCUT2D eigenvalue weighted by Gasteiger charge is 2.27. The third-order valence-electron chi connectivity index (χ3n) is 5.42. The van der Waals surface area contributed by atoms with Gasteiger partial charge >= 0.3 is 0 Å². The van der Waals surface area contributed by atoms with Crippen LogP contribution in [-0.2, 0) is 6.54 Å². The largest absolute Gasteiger partial charge is 0.451 e. The Morgan fingerprint density at radius 2 is 1.75 bits per heavy atom. The molecule has 1 amide bonds. The fourth-order valence-electron chi connectivity index (χ4n) is 3.70. The van der Waals surface area contributed by atoms with Gasteiger partial charge in [-0.2, -0.15) is 0 Å². The second-order valence-electron chi connectivity index (χ2n) is 7.29. The van der Waals surface area contributed by atoms with Crippen molar-refractivity contribution in [1.82, 2.24) is 4.90 Å². The van der Waals surface area contributed by atoms with Gasteiger partial charge in [-0.15, -0.1) is 0 Å². The first-order valence-corrected chi connectivity index (χ1v) is 9.64. The molecule has 1 saturated heterocycles. The highest BCUT2D eigenvalue weighted by atomic mass is 19.1. The van der Waals surface area contributed by atoms with Crippen molar-refractivity contribution in [3.05, 3.63) is 83.4 Å². The fraction of sp³-hybridized carbons (Fsp3) is 0.261. The number of amides is 1. The minimum absolute atomic E-state index is 0.127. The lowest BCUT2D eigenvalue weighted by atomic mass is 10.1. The van der Waals surface area contributed by atoms with Crippen LogP contribution >= 0.6 is 0 Å². The average Bonchev–Trinajstić information content (AvgIpc) is 3.20. The first kappa shape index (κ1) is 18.4. The number of carbonyl (C=O) groups is 1. The normalized spacial score (nSPS) is 15.0. The van der Waals surface area contributed by atoms with Crippen LogP contribution < -0.4 is 4.90 Å². The van der Waals surface area contributed by atoms with Crippen LogP contribution in [0.5, 0.6) is 0 Å². The molecule has 1 fully saturated rings. The maximum Gasteiger partial charge on any atom is 0.289 e. The van der Waals surface area contributed by atoms with Gasteiger partial charge in [0.2, 0.25) is 0 Å². The zero-order chi connectivity index (χ0) is 19.5. The summed E-state index contributed by atoms with van der Waals surface area (Å²) >= 11 is 0. The van der Waals surface area contributed by atoms with Crippen LogP contribution in [0.1, 0.15) is 21.7 Å². The maximum atomic E-state index is 13.9. The van der Waals surface area contributed by atoms with E-state index >= 15 is 0 Å². The van der Waals surface area contributed by atoms with Crippen LogP contribution in [0.25, 0.3) is 11.3 Å². The standard InChI is InChI=1S/C23H23FN2O2/c1-17-6-2-3-7-18(17)16-25-12-14-26(15-13-25)23(27)22-11-10-21(28-22)19-8-4-5-9-20(19)24/h2-11H,12-16H2,1H3/p+1. The van der Waals surface area contributed by atoms with Gasteiger partial charge in [0.25, 0.3) is 5.91 Å². The molecule has 1 N–H and O–H groups in total. The van der Waals surface area contributed by atoms with Crippen molar-refractivity contribution in [3.8, 4) is 11.3 Å². The van der Waals surface area contributed by atoms with Crippen LogP contribution in [0.4, 0.5) is 4.39 Å². The van der Waals surface area contributed by atoms with Crippen LogP contribution in [0.2, 0.25) is 0 Å². The molecule has 2 heterocycles. The van der Waals surface area contributed by atoms with Crippen molar-refractivity contribution in [1.29, 1.82) is 0 Å². The molecule has 28 heavy (non-hydrogen) atoms. The Morgan fingerprint density at radius 1 is 1.04 bits per heavy atom. The monoisotopic (exact) mass is 379 g/mol. The minimum Gasteiger partial charge on any atom is -0.451 e. The lowest BCUT2D eigenvalue weighted by molar-refractivity contribution is -0.917. The van der Waals surface area contributed by atoms with E-state index in [1.54, 1.807) is 30.3 Å². The molecule has 144 valence electrons. The van der Waals surface area contributed by atoms with E-state index in [-0.39, 0.29) is 17.5 Å². The predicted octanol–water partition coefficient (Wildman–Crippen LogP) is 2.94. The molecular weight excluding hydrogens is 355 g/mol. The summed E-state index contributed by atoms with van der Waals surface area (Å²) in [7, 11) is 0. The number of quaternary nitrogens is 1. The van der Waals surface area contributed by atoms with E-state index < -0.39 is 0 Å². The first-order valence-electron chi connectivity index (χ1n) is 9.64. The average molecular weight is 379 g/mol. The van der Waals surface area contributed by atoms with Gasteiger partial charge in [0.05, 0.1) is 31.7 Å². The minimum atomic E-state index is -0.357. The Balaban J connectivity index is 1.38. The van der Waals surface area contributed by atoms with Gasteiger partial charge in [-0.1, -0.05) is 36.4 Å². The number of rotatable bonds is 4. The van der Waals surface area contributed by atoms with E-state index in [2.05, 4.69) is 31.2 Å². The number of hydrogen-bond donors (Lipinski definition) is 1. The number of nitrogens with one attached hydrogen (secondary N) is 1. The number of furan rings is 1. The summed E-state index contributed by atoms with van der Waals surface area (Å²) in [6, 6.07) is 18.2. The van der Waals surface area contributed by atoms with Gasteiger partial charge in [-0.05, 0) is 36.8 Å². The van der Waals surface area contributed by atoms with E-state index in [9.17, 15) is 9.18 Å². The molecule has 0 bridgehead atoms. The van der Waals surface area contributed by atoms with Crippen LogP contribution in [0, 0.1) is 12.7 Å². The van der Waals surface area contributed by atoms with E-state index in [1.807, 2.05) is 4.90 Å². The van der Waals surface area contributed by atoms with Gasteiger partial charge in [-0.3, -0.25) is 4.79 Å². The Hall–Kier alpha value is -2.92. The fourth-order valence-corrected chi connectivity index (χ4v) is 3.70. The van der Waals surface area contributed by atoms with Crippen molar-refractivity contribution >= 4 is 5.91 Å². The summed E-state index contributed by atoms with van der Waals surface area (Å²) in [5.41, 5.74) is 3.04. The van der Waals surface area contributed by atoms with Gasteiger partial charge in [0.1, 0.15) is 18.1 Å². The third-order valence-corrected chi connectivity index (χ3v) is 5.42. The highest BCUT2D eigenvalue weighted by Crippen LogP contribution is 2.25. The number of hydrogen-bond acceptors (Lipinski definition) is 2. The Bertz CT molecular complexity index is 974. The molecule has 1 aromatic heterocycles. The quantitative estimate of drug-likeness (QED) is 0.757. The molecular formula is C23H24FN2O2+. The molecule has 0 saturated carbocycles. The molecule has 0 unspecified atom stereocenters. The van der Waals surface area contributed by atoms with Crippen molar-refractivity contribution < 1.29 is 18.5 Å². The lowest BCUT2D eigenvalue weighted by Gasteiger charge is -2.32. The molecule has 1 aliphatic rings. The summed E-state index contributed by atoms with van der Waals surface area (Å²) in [5, 5.41) is 0. The highest BCUT2D eigenvalue weighted by molar-refractivity contribution is 5.92. The van der Waals surface area contributed by atoms with Crippen molar-refractivity contribution in [2.24, 2.45) is 0 Å². The summed E-state index contributed by atoms with van der Waals surface area (Å²) in [6.07, 6.45) is 0. The Morgan fingerprint density at radius 3 is 2.50 bits per heavy atom. The van der Waals surface area contributed by atoms with E-state index in [0.717, 1.165) is 19.6 Å². The van der Waals surface area contributed by atoms with E-state index in [0.29, 0.717) is 24.4 Å². The predicted molar refractivity (Wildman–Crippen MR) is 106 cm³/mol. The molecule has 5 heteroatoms. The van der Waals surface area contributed by atoms with Crippen LogP contribution in [-0.4, -0.2) is 37.0 Å². The number of benzene rings is 2. The Kier molecular flexibility index (Phi) is 5.26. The summed E-state index contributed by atoms with van der Waals surface area (Å²) in [6.45, 7) is 6.30. The molecule has 4 nitrogen and oxygen atoms in total. The first-order chi connectivity index (χ1) is 13.6. The van der Waals surface area contributed by atoms with Crippen molar-refractivity contribution in [3.63, 3.8) is 0 Å². The SMILES string of the molecule is Cc1ccccc1C[NH+]1CCN(C(=O)c2ccc(-c3ccccc3F)o2)CC1. The maximum absolute atomic E-state index is 13.9. The lowest BCUT2D eigenvalue weighted by Crippen LogP contribution is -3.13. The summed E-state index contributed by atoms with van der Waals surface area (Å²) in [4.78, 5) is 16.1. The third kappa shape index (κ3) is 3.85. The smallest absolute Gasteiger partial charge is 0.289 e. The molecule has 0 aliphatic carbocycles. The van der Waals surface area contributed by atoms with E-state index in [4.69, 9.17) is 4.42 Å². The molecule has 0 atom stereocenters. The van der Waals surface area contributed by atoms with Crippen molar-refractivity contribution in [2.45, 2.75) is 13.5 Å². The second kappa shape index (κ2) is 7.98. The van der Waals surface area contributed by atoms with Crippen molar-refractivity contribution in [2.75, 3.05) is 26.2 Å². The van der Waals surface area contributed by atoms with Crippen LogP contribution in [0.3, 0.4) is 0 Å². The molecule has 0 spiro atoms. The molecule has 1 aliphatic heterocycles. The Labute approximate surface area is 164 Å². The second-order valence-corrected chi connectivity index (χ2v) is 7.29. The zero-order valence-electron chi connectivity index (χ0n) is 16.0. The van der Waals surface area contributed by atoms with Gasteiger partial charge in [0, 0.05) is 5.56 Å². The van der Waals surface area contributed by atoms with Gasteiger partial charge in [0.15, 0.2) is 5.76 Å². The molecule has 3 aromatic rings. The summed E-state index contributed by atoms with van der Waals surface area (Å²) in [5.74, 6) is 0.160. The molecule has 4 rings (SSSR count). The zero-order valence-corrected chi connectivity index (χ0v) is 16.0. The number of halogens is 1. The topological polar surface area (TPSA) is 37.9 Å². The number of aryl methyl sites for hydroxylation is 1. The number of nitrogens with zero attached hydrogens (tertiary/aromatic N) is 1. The van der Waals surface area contributed by atoms with Crippen LogP contribution in [0.15, 0.2) is 65.1 Å². The molecule has 0 radical (unpaired) electrons. The summed E-state index contributed by atoms with van der Waals surface area (Å²) < 4.78 is 19.6. The molecule has 2 aromatic carbocycles. The van der Waals surface area contributed by atoms with Gasteiger partial charge in [-0.25, -0.2) is 4.39 Å². The van der Waals surface area contributed by atoms with Gasteiger partial charge < -0.3 is 14.2 Å². The van der Waals surface area contributed by atoms with E-state index in [1.165, 1.54) is 22.1 Å². The number of piperazine rings is 1. The number of carbonyl (C=O) groups excluding carboxylic acids is 1.